The molecule has 3 amide bonds. The number of anilines is 2. The molecule has 0 saturated carbocycles. The van der Waals surface area contributed by atoms with Crippen molar-refractivity contribution in [1.82, 2.24) is 4.90 Å². The summed E-state index contributed by atoms with van der Waals surface area (Å²) in [5, 5.41) is 2.90. The Balaban J connectivity index is 1.68. The van der Waals surface area contributed by atoms with Crippen LogP contribution in [0.2, 0.25) is 0 Å². The molecule has 0 saturated heterocycles. The molecule has 0 atom stereocenters. The van der Waals surface area contributed by atoms with Crippen molar-refractivity contribution in [3.05, 3.63) is 58.7 Å². The van der Waals surface area contributed by atoms with Gasteiger partial charge in [-0.05, 0) is 55.2 Å². The minimum absolute atomic E-state index is 0.00175. The van der Waals surface area contributed by atoms with Crippen LogP contribution in [0.15, 0.2) is 36.4 Å². The van der Waals surface area contributed by atoms with Gasteiger partial charge in [0, 0.05) is 37.5 Å². The molecule has 6 heteroatoms. The van der Waals surface area contributed by atoms with Crippen LogP contribution in [0.4, 0.5) is 11.4 Å². The number of rotatable bonds is 4. The molecule has 6 nitrogen and oxygen atoms in total. The first-order valence-corrected chi connectivity index (χ1v) is 9.30. The first kappa shape index (κ1) is 19.6. The molecule has 1 aliphatic rings. The maximum Gasteiger partial charge on any atom is 0.254 e. The number of amides is 3. The van der Waals surface area contributed by atoms with Crippen LogP contribution in [-0.4, -0.2) is 42.8 Å². The zero-order valence-electron chi connectivity index (χ0n) is 16.7. The highest BCUT2D eigenvalue weighted by Gasteiger charge is 2.24. The predicted molar refractivity (Wildman–Crippen MR) is 110 cm³/mol. The molecular formula is C22H25N3O3. The first-order chi connectivity index (χ1) is 13.3. The van der Waals surface area contributed by atoms with Gasteiger partial charge in [0.25, 0.3) is 5.91 Å². The van der Waals surface area contributed by atoms with E-state index in [-0.39, 0.29) is 24.3 Å². The lowest BCUT2D eigenvalue weighted by Gasteiger charge is -2.19. The van der Waals surface area contributed by atoms with E-state index >= 15 is 0 Å². The fourth-order valence-electron chi connectivity index (χ4n) is 3.56. The molecule has 0 bridgehead atoms. The second-order valence-corrected chi connectivity index (χ2v) is 7.24. The molecule has 1 heterocycles. The first-order valence-electron chi connectivity index (χ1n) is 9.30. The van der Waals surface area contributed by atoms with Gasteiger partial charge >= 0.3 is 0 Å². The summed E-state index contributed by atoms with van der Waals surface area (Å²) in [6.45, 7) is 6.01. The Morgan fingerprint density at radius 3 is 2.43 bits per heavy atom. The number of para-hydroxylation sites is 1. The van der Waals surface area contributed by atoms with E-state index in [1.807, 2.05) is 44.2 Å². The zero-order valence-corrected chi connectivity index (χ0v) is 16.7. The number of nitrogens with one attached hydrogen (secondary N) is 1. The van der Waals surface area contributed by atoms with Crippen molar-refractivity contribution in [2.45, 2.75) is 27.2 Å². The largest absolute Gasteiger partial charge is 0.332 e. The van der Waals surface area contributed by atoms with Gasteiger partial charge in [-0.3, -0.25) is 14.4 Å². The number of carbonyl (C=O) groups excluding carboxylic acids is 3. The molecule has 28 heavy (non-hydrogen) atoms. The van der Waals surface area contributed by atoms with E-state index < -0.39 is 0 Å². The number of benzene rings is 2. The highest BCUT2D eigenvalue weighted by Crippen LogP contribution is 2.29. The Morgan fingerprint density at radius 1 is 1.11 bits per heavy atom. The smallest absolute Gasteiger partial charge is 0.254 e. The fraction of sp³-hybridized carbons (Fsp3) is 0.318. The topological polar surface area (TPSA) is 69.7 Å². The van der Waals surface area contributed by atoms with Gasteiger partial charge in [-0.1, -0.05) is 18.2 Å². The minimum Gasteiger partial charge on any atom is -0.332 e. The molecule has 0 unspecified atom stereocenters. The van der Waals surface area contributed by atoms with Crippen LogP contribution in [0.25, 0.3) is 0 Å². The Kier molecular flexibility index (Phi) is 5.49. The lowest BCUT2D eigenvalue weighted by Crippen LogP contribution is -2.35. The lowest BCUT2D eigenvalue weighted by molar-refractivity contribution is -0.117. The van der Waals surface area contributed by atoms with Crippen molar-refractivity contribution < 1.29 is 14.4 Å². The summed E-state index contributed by atoms with van der Waals surface area (Å²) in [6.07, 6.45) is 0.729. The van der Waals surface area contributed by atoms with Gasteiger partial charge in [-0.25, -0.2) is 0 Å². The number of hydrogen-bond acceptors (Lipinski definition) is 3. The van der Waals surface area contributed by atoms with Gasteiger partial charge in [-0.2, -0.15) is 0 Å². The molecule has 0 spiro atoms. The molecule has 1 N–H and O–H groups in total. The molecule has 0 aromatic heterocycles. The molecule has 0 radical (unpaired) electrons. The summed E-state index contributed by atoms with van der Waals surface area (Å²) in [7, 11) is 1.61. The summed E-state index contributed by atoms with van der Waals surface area (Å²) >= 11 is 0. The third-order valence-corrected chi connectivity index (χ3v) is 5.08. The highest BCUT2D eigenvalue weighted by molar-refractivity contribution is 6.01. The van der Waals surface area contributed by atoms with E-state index in [9.17, 15) is 14.4 Å². The molecule has 2 aromatic rings. The molecule has 0 aliphatic carbocycles. The van der Waals surface area contributed by atoms with Crippen molar-refractivity contribution in [3.63, 3.8) is 0 Å². The predicted octanol–water partition coefficient (Wildman–Crippen LogP) is 2.92. The van der Waals surface area contributed by atoms with Gasteiger partial charge in [0.2, 0.25) is 11.8 Å². The number of hydrogen-bond donors (Lipinski definition) is 1. The Hall–Kier alpha value is -3.15. The van der Waals surface area contributed by atoms with E-state index in [1.54, 1.807) is 18.0 Å². The average molecular weight is 379 g/mol. The van der Waals surface area contributed by atoms with Gasteiger partial charge < -0.3 is 15.1 Å². The Bertz CT molecular complexity index is 932. The van der Waals surface area contributed by atoms with Crippen LogP contribution >= 0.6 is 0 Å². The maximum absolute atomic E-state index is 12.7. The molecule has 2 aromatic carbocycles. The molecule has 1 aliphatic heterocycles. The third-order valence-electron chi connectivity index (χ3n) is 5.08. The summed E-state index contributed by atoms with van der Waals surface area (Å²) in [5.74, 6) is -0.462. The highest BCUT2D eigenvalue weighted by atomic mass is 16.2. The number of aryl methyl sites for hydroxylation is 2. The SMILES string of the molecule is CC(=O)N1CCc2cc(C(=O)N(C)CC(=O)Nc3c(C)cccc3C)ccc21. The van der Waals surface area contributed by atoms with Gasteiger partial charge in [0.15, 0.2) is 0 Å². The Morgan fingerprint density at radius 2 is 1.79 bits per heavy atom. The van der Waals surface area contributed by atoms with Crippen LogP contribution in [0.3, 0.4) is 0 Å². The Labute approximate surface area is 165 Å². The zero-order chi connectivity index (χ0) is 20.4. The van der Waals surface area contributed by atoms with Crippen LogP contribution < -0.4 is 10.2 Å². The summed E-state index contributed by atoms with van der Waals surface area (Å²) in [6, 6.07) is 11.2. The van der Waals surface area contributed by atoms with E-state index in [4.69, 9.17) is 0 Å². The third kappa shape index (κ3) is 3.91. The van der Waals surface area contributed by atoms with Crippen molar-refractivity contribution >= 4 is 29.1 Å². The second-order valence-electron chi connectivity index (χ2n) is 7.24. The molecule has 146 valence electrons. The van der Waals surface area contributed by atoms with E-state index in [0.29, 0.717) is 12.1 Å². The standard InChI is InChI=1S/C22H25N3O3/c1-14-6-5-7-15(2)21(14)23-20(27)13-24(4)22(28)18-8-9-19-17(12-18)10-11-25(19)16(3)26/h5-9,12H,10-11,13H2,1-4H3,(H,23,27). The number of fused-ring (bicyclic) bond motifs is 1. The van der Waals surface area contributed by atoms with Gasteiger partial charge in [0.1, 0.15) is 0 Å². The summed E-state index contributed by atoms with van der Waals surface area (Å²) < 4.78 is 0. The summed E-state index contributed by atoms with van der Waals surface area (Å²) in [4.78, 5) is 39.9. The summed E-state index contributed by atoms with van der Waals surface area (Å²) in [5.41, 5.74) is 5.11. The van der Waals surface area contributed by atoms with Crippen LogP contribution in [0.5, 0.6) is 0 Å². The maximum atomic E-state index is 12.7. The molecule has 0 fully saturated rings. The van der Waals surface area contributed by atoms with E-state index in [0.717, 1.165) is 34.5 Å². The van der Waals surface area contributed by atoms with Crippen molar-refractivity contribution in [2.24, 2.45) is 0 Å². The van der Waals surface area contributed by atoms with Crippen molar-refractivity contribution in [2.75, 3.05) is 30.4 Å². The average Bonchev–Trinajstić information content (AvgIpc) is 3.07. The number of nitrogens with zero attached hydrogens (tertiary/aromatic N) is 2. The van der Waals surface area contributed by atoms with Gasteiger partial charge in [0.05, 0.1) is 6.54 Å². The molecular weight excluding hydrogens is 354 g/mol. The van der Waals surface area contributed by atoms with Crippen LogP contribution in [-0.2, 0) is 16.0 Å². The van der Waals surface area contributed by atoms with E-state index in [1.165, 1.54) is 11.8 Å². The van der Waals surface area contributed by atoms with Crippen LogP contribution in [0.1, 0.15) is 34.0 Å². The van der Waals surface area contributed by atoms with Gasteiger partial charge in [-0.15, -0.1) is 0 Å². The molecule has 3 rings (SSSR count). The van der Waals surface area contributed by atoms with Crippen LogP contribution in [0, 0.1) is 13.8 Å². The van der Waals surface area contributed by atoms with E-state index in [2.05, 4.69) is 5.32 Å². The minimum atomic E-state index is -0.239. The normalized spacial score (nSPS) is 12.5. The number of carbonyl (C=O) groups is 3. The fourth-order valence-corrected chi connectivity index (χ4v) is 3.56. The van der Waals surface area contributed by atoms with Crippen molar-refractivity contribution in [3.8, 4) is 0 Å². The quantitative estimate of drug-likeness (QED) is 0.888. The number of likely N-dealkylation sites (N-methyl/N-ethyl adjacent to an activating group) is 1. The lowest BCUT2D eigenvalue weighted by atomic mass is 10.1. The van der Waals surface area contributed by atoms with Crippen molar-refractivity contribution in [1.29, 1.82) is 0 Å². The second kappa shape index (κ2) is 7.84. The monoisotopic (exact) mass is 379 g/mol.